The van der Waals surface area contributed by atoms with E-state index in [0.29, 0.717) is 0 Å². The van der Waals surface area contributed by atoms with Gasteiger partial charge in [-0.15, -0.1) is 0 Å². The highest BCUT2D eigenvalue weighted by Crippen LogP contribution is 2.13. The van der Waals surface area contributed by atoms with Crippen molar-refractivity contribution in [3.05, 3.63) is 47.3 Å². The van der Waals surface area contributed by atoms with Gasteiger partial charge in [0.05, 0.1) is 7.11 Å². The zero-order valence-electron chi connectivity index (χ0n) is 10.6. The zero-order valence-corrected chi connectivity index (χ0v) is 10.6. The molecule has 0 radical (unpaired) electrons. The van der Waals surface area contributed by atoms with Crippen molar-refractivity contribution in [3.63, 3.8) is 0 Å². The van der Waals surface area contributed by atoms with Gasteiger partial charge in [0.25, 0.3) is 0 Å². The van der Waals surface area contributed by atoms with Crippen LogP contribution in [-0.4, -0.2) is 18.9 Å². The van der Waals surface area contributed by atoms with E-state index >= 15 is 0 Å². The summed E-state index contributed by atoms with van der Waals surface area (Å²) in [5.74, 6) is -1.55. The molecule has 4 heteroatoms. The van der Waals surface area contributed by atoms with Crippen molar-refractivity contribution in [1.82, 2.24) is 0 Å². The Balaban J connectivity index is 3.11. The number of benzene rings is 1. The normalized spacial score (nSPS) is 11.5. The number of methoxy groups -OCH3 is 1. The van der Waals surface area contributed by atoms with Crippen LogP contribution in [0.4, 0.5) is 4.39 Å². The topological polar surface area (TPSA) is 43.4 Å². The van der Waals surface area contributed by atoms with Crippen molar-refractivity contribution in [2.24, 2.45) is 5.92 Å². The Morgan fingerprint density at radius 2 is 1.78 bits per heavy atom. The third-order valence-corrected chi connectivity index (χ3v) is 2.26. The molecule has 0 aliphatic heterocycles. The summed E-state index contributed by atoms with van der Waals surface area (Å²) in [5.41, 5.74) is 0.229. The van der Waals surface area contributed by atoms with E-state index in [-0.39, 0.29) is 17.1 Å². The first kappa shape index (κ1) is 14.1. The van der Waals surface area contributed by atoms with Gasteiger partial charge in [0, 0.05) is 5.56 Å². The number of ether oxygens (including phenoxy) is 1. The van der Waals surface area contributed by atoms with Gasteiger partial charge in [0.2, 0.25) is 0 Å². The molecule has 0 heterocycles. The number of ketones is 1. The number of carbonyl (C=O) groups is 2. The summed E-state index contributed by atoms with van der Waals surface area (Å²) in [6.45, 7) is 3.70. The van der Waals surface area contributed by atoms with Crippen LogP contribution in [0.1, 0.15) is 24.2 Å². The maximum Gasteiger partial charge on any atom is 0.341 e. The second-order valence-corrected chi connectivity index (χ2v) is 4.15. The van der Waals surface area contributed by atoms with Crippen LogP contribution in [0.5, 0.6) is 0 Å². The summed E-state index contributed by atoms with van der Waals surface area (Å²) in [7, 11) is 1.22. The van der Waals surface area contributed by atoms with E-state index in [0.717, 1.165) is 0 Å². The van der Waals surface area contributed by atoms with Crippen LogP contribution >= 0.6 is 0 Å². The highest BCUT2D eigenvalue weighted by atomic mass is 19.1. The summed E-state index contributed by atoms with van der Waals surface area (Å²) < 4.78 is 17.3. The van der Waals surface area contributed by atoms with Crippen molar-refractivity contribution in [2.45, 2.75) is 13.8 Å². The lowest BCUT2D eigenvalue weighted by atomic mass is 10.00. The molecule has 0 aliphatic rings. The first-order valence-corrected chi connectivity index (χ1v) is 5.56. The lowest BCUT2D eigenvalue weighted by molar-refractivity contribution is -0.135. The third kappa shape index (κ3) is 3.52. The summed E-state index contributed by atoms with van der Waals surface area (Å²) in [4.78, 5) is 23.6. The second kappa shape index (κ2) is 6.10. The Kier molecular flexibility index (Phi) is 4.77. The molecular weight excluding hydrogens is 235 g/mol. The number of esters is 1. The molecule has 1 rings (SSSR count). The molecule has 0 bridgehead atoms. The molecule has 0 fully saturated rings. The predicted octanol–water partition coefficient (Wildman–Crippen LogP) is 2.76. The molecule has 1 aromatic rings. The van der Waals surface area contributed by atoms with Crippen LogP contribution in [0.2, 0.25) is 0 Å². The van der Waals surface area contributed by atoms with Gasteiger partial charge in [-0.05, 0) is 30.2 Å². The van der Waals surface area contributed by atoms with Crippen LogP contribution in [0.3, 0.4) is 0 Å². The minimum Gasteiger partial charge on any atom is -0.465 e. The molecule has 18 heavy (non-hydrogen) atoms. The van der Waals surface area contributed by atoms with E-state index in [1.165, 1.54) is 37.5 Å². The SMILES string of the molecule is COC(=O)C(=CC(C)C)C(=O)c1ccc(F)cc1. The summed E-state index contributed by atoms with van der Waals surface area (Å²) >= 11 is 0. The highest BCUT2D eigenvalue weighted by Gasteiger charge is 2.20. The largest absolute Gasteiger partial charge is 0.465 e. The lowest BCUT2D eigenvalue weighted by Crippen LogP contribution is -2.15. The average Bonchev–Trinajstić information content (AvgIpc) is 2.35. The average molecular weight is 250 g/mol. The van der Waals surface area contributed by atoms with Gasteiger partial charge in [0.15, 0.2) is 5.78 Å². The van der Waals surface area contributed by atoms with Crippen molar-refractivity contribution < 1.29 is 18.7 Å². The fraction of sp³-hybridized carbons (Fsp3) is 0.286. The van der Waals surface area contributed by atoms with Crippen LogP contribution in [0, 0.1) is 11.7 Å². The smallest absolute Gasteiger partial charge is 0.341 e. The number of Topliss-reactive ketones (excluding diaryl/α,β-unsaturated/α-hetero) is 1. The molecule has 0 amide bonds. The molecule has 3 nitrogen and oxygen atoms in total. The molecule has 0 unspecified atom stereocenters. The Bertz CT molecular complexity index is 472. The van der Waals surface area contributed by atoms with Gasteiger partial charge >= 0.3 is 5.97 Å². The van der Waals surface area contributed by atoms with E-state index < -0.39 is 17.6 Å². The van der Waals surface area contributed by atoms with E-state index in [9.17, 15) is 14.0 Å². The zero-order chi connectivity index (χ0) is 13.7. The van der Waals surface area contributed by atoms with E-state index in [1.54, 1.807) is 0 Å². The molecular formula is C14H15FO3. The number of carbonyl (C=O) groups excluding carboxylic acids is 2. The maximum atomic E-state index is 12.8. The van der Waals surface area contributed by atoms with Gasteiger partial charge in [-0.25, -0.2) is 9.18 Å². The van der Waals surface area contributed by atoms with Gasteiger partial charge in [0.1, 0.15) is 11.4 Å². The van der Waals surface area contributed by atoms with Crippen molar-refractivity contribution in [1.29, 1.82) is 0 Å². The molecule has 0 saturated carbocycles. The van der Waals surface area contributed by atoms with E-state index in [4.69, 9.17) is 0 Å². The molecule has 0 N–H and O–H groups in total. The van der Waals surface area contributed by atoms with Gasteiger partial charge in [-0.2, -0.15) is 0 Å². The van der Waals surface area contributed by atoms with Crippen LogP contribution < -0.4 is 0 Å². The van der Waals surface area contributed by atoms with Crippen LogP contribution in [0.15, 0.2) is 35.9 Å². The minimum absolute atomic E-state index is 0.0286. The van der Waals surface area contributed by atoms with Crippen LogP contribution in [-0.2, 0) is 9.53 Å². The number of rotatable bonds is 4. The molecule has 1 aromatic carbocycles. The van der Waals surface area contributed by atoms with E-state index in [2.05, 4.69) is 4.74 Å². The fourth-order valence-corrected chi connectivity index (χ4v) is 1.44. The van der Waals surface area contributed by atoms with E-state index in [1.807, 2.05) is 13.8 Å². The predicted molar refractivity (Wildman–Crippen MR) is 65.7 cm³/mol. The van der Waals surface area contributed by atoms with Gasteiger partial charge < -0.3 is 4.74 Å². The summed E-state index contributed by atoms with van der Waals surface area (Å²) in [6, 6.07) is 5.04. The molecule has 0 aromatic heterocycles. The Morgan fingerprint density at radius 3 is 2.22 bits per heavy atom. The molecule has 96 valence electrons. The van der Waals surface area contributed by atoms with Gasteiger partial charge in [-0.1, -0.05) is 19.9 Å². The molecule has 0 aliphatic carbocycles. The minimum atomic E-state index is -0.682. The van der Waals surface area contributed by atoms with Gasteiger partial charge in [-0.3, -0.25) is 4.79 Å². The molecule has 0 atom stereocenters. The molecule has 0 saturated heterocycles. The fourth-order valence-electron chi connectivity index (χ4n) is 1.44. The van der Waals surface area contributed by atoms with Crippen molar-refractivity contribution in [3.8, 4) is 0 Å². The maximum absolute atomic E-state index is 12.8. The quantitative estimate of drug-likeness (QED) is 0.271. The second-order valence-electron chi connectivity index (χ2n) is 4.15. The number of hydrogen-bond acceptors (Lipinski definition) is 3. The van der Waals surface area contributed by atoms with Crippen molar-refractivity contribution in [2.75, 3.05) is 7.11 Å². The third-order valence-electron chi connectivity index (χ3n) is 2.26. The highest BCUT2D eigenvalue weighted by molar-refractivity contribution is 6.24. The number of halogens is 1. The molecule has 0 spiro atoms. The van der Waals surface area contributed by atoms with Crippen LogP contribution in [0.25, 0.3) is 0 Å². The Hall–Kier alpha value is -1.97. The van der Waals surface area contributed by atoms with Crippen molar-refractivity contribution >= 4 is 11.8 Å². The lowest BCUT2D eigenvalue weighted by Gasteiger charge is -2.06. The number of hydrogen-bond donors (Lipinski definition) is 0. The first-order chi connectivity index (χ1) is 8.45. The Morgan fingerprint density at radius 1 is 1.22 bits per heavy atom. The standard InChI is InChI=1S/C14H15FO3/c1-9(2)8-12(14(17)18-3)13(16)10-4-6-11(15)7-5-10/h4-9H,1-3H3. The first-order valence-electron chi connectivity index (χ1n) is 5.56. The number of allylic oxidation sites excluding steroid dienone is 1. The monoisotopic (exact) mass is 250 g/mol. The Labute approximate surface area is 105 Å². The summed E-state index contributed by atoms with van der Waals surface area (Å²) in [5, 5.41) is 0. The summed E-state index contributed by atoms with van der Waals surface area (Å²) in [6.07, 6.45) is 1.54.